The van der Waals surface area contributed by atoms with Crippen LogP contribution < -0.4 is 9.47 Å². The van der Waals surface area contributed by atoms with Crippen molar-refractivity contribution in [3.8, 4) is 11.5 Å². The zero-order chi connectivity index (χ0) is 18.2. The fourth-order valence-electron chi connectivity index (χ4n) is 2.12. The normalized spacial score (nSPS) is 11.0. The number of methoxy groups -OCH3 is 1. The quantitative estimate of drug-likeness (QED) is 0.352. The Hall–Kier alpha value is -2.51. The summed E-state index contributed by atoms with van der Waals surface area (Å²) in [6, 6.07) is 13.4. The first kappa shape index (κ1) is 18.3. The number of thioether (sulfide) groups is 1. The van der Waals surface area contributed by atoms with E-state index in [9.17, 15) is 0 Å². The molecule has 2 aromatic carbocycles. The van der Waals surface area contributed by atoms with Crippen LogP contribution in [0.2, 0.25) is 5.02 Å². The largest absolute Gasteiger partial charge is 0.493 e. The van der Waals surface area contributed by atoms with Crippen LogP contribution >= 0.6 is 23.4 Å². The van der Waals surface area contributed by atoms with E-state index in [1.807, 2.05) is 42.5 Å². The van der Waals surface area contributed by atoms with Gasteiger partial charge in [0.1, 0.15) is 6.33 Å². The first-order valence-corrected chi connectivity index (χ1v) is 9.19. The van der Waals surface area contributed by atoms with Crippen LogP contribution in [0.5, 0.6) is 11.5 Å². The summed E-state index contributed by atoms with van der Waals surface area (Å²) in [5.41, 5.74) is 0.876. The van der Waals surface area contributed by atoms with Crippen LogP contribution in [0.1, 0.15) is 5.56 Å². The van der Waals surface area contributed by atoms with Crippen molar-refractivity contribution in [2.45, 2.75) is 4.90 Å². The summed E-state index contributed by atoms with van der Waals surface area (Å²) < 4.78 is 11.2. The average molecular weight is 389 g/mol. The van der Waals surface area contributed by atoms with E-state index < -0.39 is 0 Å². The fraction of sp³-hybridized carbons (Fsp3) is 0.167. The predicted octanol–water partition coefficient (Wildman–Crippen LogP) is 4.39. The van der Waals surface area contributed by atoms with E-state index in [-0.39, 0.29) is 0 Å². The molecule has 1 aromatic heterocycles. The van der Waals surface area contributed by atoms with Crippen LogP contribution in [0, 0.1) is 0 Å². The summed E-state index contributed by atoms with van der Waals surface area (Å²) in [6.45, 7) is 0.565. The predicted molar refractivity (Wildman–Crippen MR) is 104 cm³/mol. The molecule has 0 saturated heterocycles. The van der Waals surface area contributed by atoms with Crippen molar-refractivity contribution in [2.75, 3.05) is 19.5 Å². The third kappa shape index (κ3) is 5.24. The molecule has 3 aromatic rings. The Balaban J connectivity index is 1.54. The molecule has 0 amide bonds. The van der Waals surface area contributed by atoms with Gasteiger partial charge in [0.25, 0.3) is 0 Å². The number of nitrogens with one attached hydrogen (secondary N) is 1. The summed E-state index contributed by atoms with van der Waals surface area (Å²) >= 11 is 7.59. The van der Waals surface area contributed by atoms with Gasteiger partial charge in [-0.2, -0.15) is 10.1 Å². The molecular weight excluding hydrogens is 372 g/mol. The molecule has 0 aliphatic heterocycles. The fourth-order valence-corrected chi connectivity index (χ4v) is 2.98. The van der Waals surface area contributed by atoms with Crippen LogP contribution in [0.25, 0.3) is 0 Å². The van der Waals surface area contributed by atoms with Crippen molar-refractivity contribution in [1.29, 1.82) is 0 Å². The molecular formula is C18H17ClN4O2S. The highest BCUT2D eigenvalue weighted by Gasteiger charge is 2.05. The number of halogens is 1. The third-order valence-corrected chi connectivity index (χ3v) is 4.58. The van der Waals surface area contributed by atoms with Gasteiger partial charge in [0.2, 0.25) is 5.95 Å². The maximum absolute atomic E-state index is 5.89. The minimum absolute atomic E-state index is 0.448. The summed E-state index contributed by atoms with van der Waals surface area (Å²) in [5, 5.41) is 7.16. The summed E-state index contributed by atoms with van der Waals surface area (Å²) in [7, 11) is 1.61. The number of rotatable bonds is 8. The molecule has 0 saturated carbocycles. The van der Waals surface area contributed by atoms with Crippen molar-refractivity contribution in [3.05, 3.63) is 59.4 Å². The maximum atomic E-state index is 5.89. The van der Waals surface area contributed by atoms with Gasteiger partial charge in [-0.15, -0.1) is 11.8 Å². The van der Waals surface area contributed by atoms with Crippen molar-refractivity contribution in [1.82, 2.24) is 15.2 Å². The molecule has 6 nitrogen and oxygen atoms in total. The van der Waals surface area contributed by atoms with Crippen molar-refractivity contribution in [3.63, 3.8) is 0 Å². The van der Waals surface area contributed by atoms with Gasteiger partial charge in [-0.05, 0) is 48.0 Å². The molecule has 0 bridgehead atoms. The van der Waals surface area contributed by atoms with Gasteiger partial charge in [-0.25, -0.2) is 10.1 Å². The molecule has 0 spiro atoms. The van der Waals surface area contributed by atoms with Gasteiger partial charge >= 0.3 is 0 Å². The second kappa shape index (κ2) is 9.26. The second-order valence-corrected chi connectivity index (χ2v) is 6.73. The zero-order valence-electron chi connectivity index (χ0n) is 14.1. The number of H-pyrrole nitrogens is 1. The number of nitrogens with zero attached hydrogens (tertiary/aromatic N) is 3. The first-order chi connectivity index (χ1) is 12.7. The molecule has 0 unspecified atom stereocenters. The lowest BCUT2D eigenvalue weighted by atomic mass is 10.2. The average Bonchev–Trinajstić information content (AvgIpc) is 3.19. The Morgan fingerprint density at radius 1 is 1.19 bits per heavy atom. The molecule has 134 valence electrons. The van der Waals surface area contributed by atoms with Gasteiger partial charge in [-0.3, -0.25) is 0 Å². The molecule has 8 heteroatoms. The molecule has 0 aliphatic carbocycles. The number of aromatic nitrogens is 3. The maximum Gasteiger partial charge on any atom is 0.245 e. The lowest BCUT2D eigenvalue weighted by molar-refractivity contribution is 0.313. The Morgan fingerprint density at radius 2 is 2.04 bits per heavy atom. The zero-order valence-corrected chi connectivity index (χ0v) is 15.6. The van der Waals surface area contributed by atoms with Crippen LogP contribution in [-0.4, -0.2) is 40.9 Å². The molecule has 3 rings (SSSR count). The highest BCUT2D eigenvalue weighted by molar-refractivity contribution is 7.99. The van der Waals surface area contributed by atoms with Crippen LogP contribution in [0.3, 0.4) is 0 Å². The van der Waals surface area contributed by atoms with E-state index >= 15 is 0 Å². The summed E-state index contributed by atoms with van der Waals surface area (Å²) in [6.07, 6.45) is 3.09. The van der Waals surface area contributed by atoms with E-state index in [1.54, 1.807) is 25.1 Å². The lowest BCUT2D eigenvalue weighted by Gasteiger charge is -2.11. The van der Waals surface area contributed by atoms with Crippen molar-refractivity contribution < 1.29 is 9.47 Å². The Kier molecular flexibility index (Phi) is 6.51. The van der Waals surface area contributed by atoms with E-state index in [1.165, 1.54) is 6.33 Å². The topological polar surface area (TPSA) is 72.4 Å². The number of aromatic amines is 1. The van der Waals surface area contributed by atoms with Crippen LogP contribution in [0.4, 0.5) is 5.95 Å². The smallest absolute Gasteiger partial charge is 0.245 e. The second-order valence-electron chi connectivity index (χ2n) is 5.13. The Labute approximate surface area is 160 Å². The van der Waals surface area contributed by atoms with Crippen molar-refractivity contribution >= 4 is 35.5 Å². The minimum Gasteiger partial charge on any atom is -0.493 e. The van der Waals surface area contributed by atoms with E-state index in [2.05, 4.69) is 20.2 Å². The standard InChI is InChI=1S/C18H17ClN4O2S/c1-24-17-10-13(11-20-18-21-12-22-23-18)2-7-16(17)25-8-9-26-15-5-3-14(19)4-6-15/h2-7,10-12H,8-9H2,1H3,(H,21,22,23). The molecule has 0 fully saturated rings. The molecule has 1 heterocycles. The van der Waals surface area contributed by atoms with E-state index in [0.29, 0.717) is 24.1 Å². The number of ether oxygens (including phenoxy) is 2. The molecule has 0 radical (unpaired) electrons. The van der Waals surface area contributed by atoms with Crippen LogP contribution in [-0.2, 0) is 0 Å². The Bertz CT molecular complexity index is 854. The van der Waals surface area contributed by atoms with Gasteiger partial charge < -0.3 is 9.47 Å². The summed E-state index contributed by atoms with van der Waals surface area (Å²) in [5.74, 6) is 2.62. The first-order valence-electron chi connectivity index (χ1n) is 7.83. The van der Waals surface area contributed by atoms with Gasteiger partial charge in [0.05, 0.1) is 13.7 Å². The molecule has 26 heavy (non-hydrogen) atoms. The van der Waals surface area contributed by atoms with E-state index in [0.717, 1.165) is 21.2 Å². The number of benzene rings is 2. The SMILES string of the molecule is COc1cc(C=Nc2ncn[nH]2)ccc1OCCSc1ccc(Cl)cc1. The number of hydrogen-bond acceptors (Lipinski definition) is 6. The minimum atomic E-state index is 0.448. The molecule has 0 aliphatic rings. The van der Waals surface area contributed by atoms with Gasteiger partial charge in [0.15, 0.2) is 11.5 Å². The van der Waals surface area contributed by atoms with Crippen molar-refractivity contribution in [2.24, 2.45) is 4.99 Å². The Morgan fingerprint density at radius 3 is 2.77 bits per heavy atom. The monoisotopic (exact) mass is 388 g/mol. The third-order valence-electron chi connectivity index (χ3n) is 3.35. The summed E-state index contributed by atoms with van der Waals surface area (Å²) in [4.78, 5) is 9.29. The molecule has 1 N–H and O–H groups in total. The lowest BCUT2D eigenvalue weighted by Crippen LogP contribution is -2.02. The number of hydrogen-bond donors (Lipinski definition) is 1. The van der Waals surface area contributed by atoms with Gasteiger partial charge in [0, 0.05) is 21.9 Å². The highest BCUT2D eigenvalue weighted by Crippen LogP contribution is 2.28. The van der Waals surface area contributed by atoms with Crippen LogP contribution in [0.15, 0.2) is 58.7 Å². The highest BCUT2D eigenvalue weighted by atomic mass is 35.5. The molecule has 0 atom stereocenters. The van der Waals surface area contributed by atoms with Gasteiger partial charge in [-0.1, -0.05) is 11.6 Å². The number of aliphatic imine (C=N–C) groups is 1. The van der Waals surface area contributed by atoms with E-state index in [4.69, 9.17) is 21.1 Å².